The summed E-state index contributed by atoms with van der Waals surface area (Å²) >= 11 is 0. The molecule has 0 spiro atoms. The number of para-hydroxylation sites is 2. The van der Waals surface area contributed by atoms with Crippen molar-refractivity contribution < 1.29 is 45.6 Å². The molecule has 1 aromatic carbocycles. The summed E-state index contributed by atoms with van der Waals surface area (Å²) in [6, 6.07) is 7.52. The van der Waals surface area contributed by atoms with E-state index in [0.717, 1.165) is 0 Å². The summed E-state index contributed by atoms with van der Waals surface area (Å²) in [5.74, 6) is -6.84. The standard InChI is InChI=1S/C36H41F2N5O8S/c1-21-13-28(41-51-21)30(44)14-22-7-3-2-6-12-36(37,38)17-23-16-35(23,34(47)42-52(48,49)25-10-11-25)18-31(45)29-15-24(20-43(29)33(22)46)50-32-19-39-26-8-4-5-9-27(26)40-32/h4-5,8-9,13,19,22-25,29H,2-3,6-7,10-12,14-18,20H2,1H3,(H,42,47)/t22-,23+,24-,29+,35-/m1/s1. The number of hydrogen-bond acceptors (Lipinski definition) is 11. The van der Waals surface area contributed by atoms with Crippen molar-refractivity contribution in [3.63, 3.8) is 0 Å². The van der Waals surface area contributed by atoms with Gasteiger partial charge in [0.2, 0.25) is 33.6 Å². The van der Waals surface area contributed by atoms with E-state index in [-0.39, 0.29) is 50.2 Å². The van der Waals surface area contributed by atoms with E-state index in [0.29, 0.717) is 42.5 Å². The van der Waals surface area contributed by atoms with Crippen LogP contribution in [0.5, 0.6) is 5.88 Å². The first-order valence-corrected chi connectivity index (χ1v) is 19.4. The van der Waals surface area contributed by atoms with Gasteiger partial charge in [-0.15, -0.1) is 0 Å². The summed E-state index contributed by atoms with van der Waals surface area (Å²) in [4.78, 5) is 66.0. The number of rotatable bonds is 8. The Bertz CT molecular complexity index is 2000. The number of carbonyl (C=O) groups is 4. The number of nitrogens with one attached hydrogen (secondary N) is 1. The zero-order chi connectivity index (χ0) is 36.8. The Kier molecular flexibility index (Phi) is 9.63. The van der Waals surface area contributed by atoms with Crippen molar-refractivity contribution in [2.75, 3.05) is 6.54 Å². The molecule has 2 amide bonds. The molecule has 2 aliphatic heterocycles. The topological polar surface area (TPSA) is 179 Å². The second kappa shape index (κ2) is 13.9. The number of Topliss-reactive ketones (excluding diaryl/α,β-unsaturated/α-hetero) is 2. The van der Waals surface area contributed by atoms with Gasteiger partial charge in [0, 0.05) is 44.1 Å². The van der Waals surface area contributed by atoms with Crippen LogP contribution in [0.15, 0.2) is 41.1 Å². The highest BCUT2D eigenvalue weighted by Gasteiger charge is 2.64. The van der Waals surface area contributed by atoms with E-state index in [2.05, 4.69) is 19.8 Å². The third-order valence-corrected chi connectivity index (χ3v) is 12.7. The maximum absolute atomic E-state index is 15.3. The SMILES string of the molecule is Cc1cc(C(=O)C[C@H]2CCCCCC(F)(F)C[C@@H]3C[C@@]3(C(=O)NS(=O)(=O)C3CC3)CC(=O)[C@@H]3C[C@@H](Oc4cnc5ccccc5n4)CN3C2=O)no1. The van der Waals surface area contributed by atoms with Crippen molar-refractivity contribution in [1.82, 2.24) is 24.7 Å². The molecule has 4 fully saturated rings. The Hall–Kier alpha value is -4.34. The molecular formula is C36H41F2N5O8S. The van der Waals surface area contributed by atoms with Crippen molar-refractivity contribution in [2.24, 2.45) is 17.3 Å². The molecule has 16 heteroatoms. The number of alkyl halides is 2. The van der Waals surface area contributed by atoms with E-state index in [1.165, 1.54) is 17.2 Å². The minimum atomic E-state index is -4.02. The van der Waals surface area contributed by atoms with Crippen LogP contribution in [-0.2, 0) is 24.4 Å². The van der Waals surface area contributed by atoms with Crippen LogP contribution in [0.25, 0.3) is 11.0 Å². The van der Waals surface area contributed by atoms with E-state index in [9.17, 15) is 27.6 Å². The number of sulfonamides is 1. The van der Waals surface area contributed by atoms with Crippen LogP contribution >= 0.6 is 0 Å². The van der Waals surface area contributed by atoms with Crippen molar-refractivity contribution in [3.05, 3.63) is 48.0 Å². The van der Waals surface area contributed by atoms with Gasteiger partial charge < -0.3 is 14.2 Å². The summed E-state index contributed by atoms with van der Waals surface area (Å²) in [6.07, 6.45) is 0.597. The Balaban J connectivity index is 1.19. The molecule has 3 aromatic rings. The average Bonchev–Trinajstić information content (AvgIpc) is 3.98. The van der Waals surface area contributed by atoms with Crippen LogP contribution in [0, 0.1) is 24.2 Å². The van der Waals surface area contributed by atoms with Crippen LogP contribution in [-0.4, -0.2) is 81.7 Å². The van der Waals surface area contributed by atoms with Gasteiger partial charge in [0.05, 0.1) is 40.5 Å². The number of benzene rings is 1. The zero-order valence-corrected chi connectivity index (χ0v) is 29.6. The number of ether oxygens (including phenoxy) is 1. The number of fused-ring (bicyclic) bond motifs is 3. The van der Waals surface area contributed by atoms with Gasteiger partial charge >= 0.3 is 0 Å². The van der Waals surface area contributed by atoms with Crippen molar-refractivity contribution in [1.29, 1.82) is 0 Å². The highest BCUT2D eigenvalue weighted by Crippen LogP contribution is 2.60. The van der Waals surface area contributed by atoms with Crippen LogP contribution in [0.4, 0.5) is 8.78 Å². The summed E-state index contributed by atoms with van der Waals surface area (Å²) in [7, 11) is -4.02. The number of ketones is 2. The number of aryl methyl sites for hydroxylation is 1. The van der Waals surface area contributed by atoms with E-state index >= 15 is 8.78 Å². The van der Waals surface area contributed by atoms with E-state index < -0.39 is 93.2 Å². The molecule has 278 valence electrons. The molecule has 2 saturated heterocycles. The predicted octanol–water partition coefficient (Wildman–Crippen LogP) is 4.73. The second-order valence-corrected chi connectivity index (χ2v) is 16.8. The van der Waals surface area contributed by atoms with Gasteiger partial charge in [-0.2, -0.15) is 0 Å². The Morgan fingerprint density at radius 2 is 1.85 bits per heavy atom. The van der Waals surface area contributed by atoms with Gasteiger partial charge in [-0.3, -0.25) is 23.9 Å². The first kappa shape index (κ1) is 36.0. The van der Waals surface area contributed by atoms with Gasteiger partial charge in [-0.25, -0.2) is 27.2 Å². The maximum Gasteiger partial charge on any atom is 0.248 e. The number of carbonyl (C=O) groups excluding carboxylic acids is 4. The Morgan fingerprint density at radius 3 is 2.58 bits per heavy atom. The monoisotopic (exact) mass is 741 g/mol. The molecule has 4 heterocycles. The number of hydrogen-bond donors (Lipinski definition) is 1. The fourth-order valence-corrected chi connectivity index (χ4v) is 9.12. The molecule has 52 heavy (non-hydrogen) atoms. The lowest BCUT2D eigenvalue weighted by Crippen LogP contribution is -2.46. The van der Waals surface area contributed by atoms with Crippen molar-refractivity contribution in [3.8, 4) is 5.88 Å². The molecule has 13 nitrogen and oxygen atoms in total. The molecule has 1 N–H and O–H groups in total. The quantitative estimate of drug-likeness (QED) is 0.316. The molecule has 2 aromatic heterocycles. The largest absolute Gasteiger partial charge is 0.471 e. The normalized spacial score (nSPS) is 28.3. The van der Waals surface area contributed by atoms with Crippen LogP contribution in [0.2, 0.25) is 0 Å². The molecule has 0 bridgehead atoms. The predicted molar refractivity (Wildman–Crippen MR) is 181 cm³/mol. The van der Waals surface area contributed by atoms with Gasteiger partial charge in [-0.05, 0) is 57.1 Å². The first-order chi connectivity index (χ1) is 24.7. The van der Waals surface area contributed by atoms with E-state index in [1.807, 2.05) is 6.07 Å². The minimum Gasteiger partial charge on any atom is -0.471 e. The maximum atomic E-state index is 15.3. The molecule has 0 radical (unpaired) electrons. The fourth-order valence-electron chi connectivity index (χ4n) is 7.73. The van der Waals surface area contributed by atoms with Gasteiger partial charge in [0.1, 0.15) is 17.6 Å². The minimum absolute atomic E-state index is 0.00112. The third-order valence-electron chi connectivity index (χ3n) is 10.8. The zero-order valence-electron chi connectivity index (χ0n) is 28.8. The van der Waals surface area contributed by atoms with Gasteiger partial charge in [-0.1, -0.05) is 30.1 Å². The fraction of sp³-hybridized carbons (Fsp3) is 0.583. The first-order valence-electron chi connectivity index (χ1n) is 17.8. The lowest BCUT2D eigenvalue weighted by Gasteiger charge is -2.29. The molecule has 5 atom stereocenters. The number of halogens is 2. The highest BCUT2D eigenvalue weighted by atomic mass is 32.2. The summed E-state index contributed by atoms with van der Waals surface area (Å²) in [5.41, 5.74) is -0.390. The molecule has 2 saturated carbocycles. The number of aromatic nitrogens is 3. The lowest BCUT2D eigenvalue weighted by molar-refractivity contribution is -0.142. The molecule has 2 aliphatic carbocycles. The lowest BCUT2D eigenvalue weighted by atomic mass is 9.89. The number of amides is 2. The summed E-state index contributed by atoms with van der Waals surface area (Å²) in [6.45, 7) is 1.59. The number of nitrogens with zero attached hydrogens (tertiary/aromatic N) is 4. The van der Waals surface area contributed by atoms with Crippen LogP contribution < -0.4 is 9.46 Å². The highest BCUT2D eigenvalue weighted by molar-refractivity contribution is 7.90. The smallest absolute Gasteiger partial charge is 0.248 e. The van der Waals surface area contributed by atoms with Crippen LogP contribution in [0.1, 0.15) is 93.3 Å². The Labute approximate surface area is 299 Å². The summed E-state index contributed by atoms with van der Waals surface area (Å²) in [5, 5.41) is 3.06. The van der Waals surface area contributed by atoms with E-state index in [4.69, 9.17) is 9.26 Å². The molecule has 7 rings (SSSR count). The van der Waals surface area contributed by atoms with Gasteiger partial charge in [0.15, 0.2) is 11.6 Å². The average molecular weight is 742 g/mol. The van der Waals surface area contributed by atoms with E-state index in [1.54, 1.807) is 25.1 Å². The second-order valence-electron chi connectivity index (χ2n) is 14.9. The molecule has 0 unspecified atom stereocenters. The molecule has 4 aliphatic rings. The third kappa shape index (κ3) is 7.71. The van der Waals surface area contributed by atoms with Gasteiger partial charge in [0.25, 0.3) is 0 Å². The Morgan fingerprint density at radius 1 is 1.08 bits per heavy atom. The molecular weight excluding hydrogens is 700 g/mol. The van der Waals surface area contributed by atoms with Crippen molar-refractivity contribution >= 4 is 44.4 Å². The summed E-state index contributed by atoms with van der Waals surface area (Å²) < 4.78 is 69.6. The van der Waals surface area contributed by atoms with Crippen molar-refractivity contribution in [2.45, 2.75) is 107 Å². The van der Waals surface area contributed by atoms with Crippen LogP contribution in [0.3, 0.4) is 0 Å².